The van der Waals surface area contributed by atoms with E-state index >= 15 is 0 Å². The molecule has 0 spiro atoms. The molecule has 1 N–H and O–H groups in total. The van der Waals surface area contributed by atoms with E-state index in [1.807, 2.05) is 6.92 Å². The Kier molecular flexibility index (Phi) is 3.50. The second-order valence-corrected chi connectivity index (χ2v) is 4.73. The molecule has 3 heterocycles. The zero-order chi connectivity index (χ0) is 13.1. The Labute approximate surface area is 111 Å². The maximum atomic E-state index is 5.18. The van der Waals surface area contributed by atoms with Crippen molar-refractivity contribution in [3.8, 4) is 11.4 Å². The summed E-state index contributed by atoms with van der Waals surface area (Å²) < 4.78 is 5.18. The Balaban J connectivity index is 1.96. The fourth-order valence-corrected chi connectivity index (χ4v) is 2.43. The first-order valence-electron chi connectivity index (χ1n) is 6.72. The highest BCUT2D eigenvalue weighted by molar-refractivity contribution is 5.57. The van der Waals surface area contributed by atoms with Crippen LogP contribution in [-0.4, -0.2) is 33.2 Å². The van der Waals surface area contributed by atoms with Gasteiger partial charge in [-0.2, -0.15) is 4.98 Å². The molecule has 0 aliphatic carbocycles. The zero-order valence-corrected chi connectivity index (χ0v) is 11.0. The van der Waals surface area contributed by atoms with Crippen LogP contribution in [-0.2, 0) is 6.42 Å². The average molecular weight is 259 g/mol. The predicted octanol–water partition coefficient (Wildman–Crippen LogP) is 1.56. The van der Waals surface area contributed by atoms with Crippen LogP contribution in [0.2, 0.25) is 0 Å². The molecular formula is C13H17N5O. The second kappa shape index (κ2) is 5.44. The number of piperidine rings is 1. The molecule has 0 aromatic carbocycles. The minimum atomic E-state index is 0.398. The first-order chi connectivity index (χ1) is 9.38. The van der Waals surface area contributed by atoms with Crippen molar-refractivity contribution in [3.05, 3.63) is 24.1 Å². The minimum absolute atomic E-state index is 0.398. The quantitative estimate of drug-likeness (QED) is 0.901. The van der Waals surface area contributed by atoms with Crippen molar-refractivity contribution in [2.24, 2.45) is 0 Å². The van der Waals surface area contributed by atoms with Gasteiger partial charge in [-0.1, -0.05) is 12.1 Å². The lowest BCUT2D eigenvalue weighted by Crippen LogP contribution is -2.29. The molecule has 0 amide bonds. The molecule has 0 saturated carbocycles. The maximum absolute atomic E-state index is 5.18. The van der Waals surface area contributed by atoms with Gasteiger partial charge in [0.25, 0.3) is 0 Å². The lowest BCUT2D eigenvalue weighted by Gasteiger charge is -2.23. The summed E-state index contributed by atoms with van der Waals surface area (Å²) in [6, 6.07) is 0. The summed E-state index contributed by atoms with van der Waals surface area (Å²) in [5, 5.41) is 7.43. The number of hydrogen-bond acceptors (Lipinski definition) is 6. The summed E-state index contributed by atoms with van der Waals surface area (Å²) in [6.07, 6.45) is 6.41. The number of rotatable bonds is 3. The van der Waals surface area contributed by atoms with Crippen LogP contribution in [0.4, 0.5) is 0 Å². The van der Waals surface area contributed by atoms with E-state index in [2.05, 4.69) is 25.4 Å². The van der Waals surface area contributed by atoms with Crippen molar-refractivity contribution in [1.82, 2.24) is 25.4 Å². The van der Waals surface area contributed by atoms with E-state index in [-0.39, 0.29) is 0 Å². The molecule has 0 bridgehead atoms. The molecule has 1 saturated heterocycles. The predicted molar refractivity (Wildman–Crippen MR) is 69.5 cm³/mol. The molecule has 100 valence electrons. The first kappa shape index (κ1) is 12.2. The highest BCUT2D eigenvalue weighted by Crippen LogP contribution is 2.28. The molecule has 1 aliphatic rings. The summed E-state index contributed by atoms with van der Waals surface area (Å²) in [7, 11) is 0. The van der Waals surface area contributed by atoms with Gasteiger partial charge in [0.2, 0.25) is 11.7 Å². The molecule has 1 fully saturated rings. The molecule has 0 radical (unpaired) electrons. The van der Waals surface area contributed by atoms with Gasteiger partial charge in [0.1, 0.15) is 6.33 Å². The average Bonchev–Trinajstić information content (AvgIpc) is 2.97. The molecular weight excluding hydrogens is 242 g/mol. The molecule has 0 unspecified atom stereocenters. The van der Waals surface area contributed by atoms with Crippen molar-refractivity contribution >= 4 is 0 Å². The van der Waals surface area contributed by atoms with Crippen molar-refractivity contribution in [2.75, 3.05) is 13.1 Å². The van der Waals surface area contributed by atoms with E-state index in [1.54, 1.807) is 12.5 Å². The Hall–Kier alpha value is -1.82. The summed E-state index contributed by atoms with van der Waals surface area (Å²) in [6.45, 7) is 4.02. The molecule has 1 atom stereocenters. The topological polar surface area (TPSA) is 76.7 Å². The van der Waals surface area contributed by atoms with Gasteiger partial charge in [0, 0.05) is 25.1 Å². The number of hydrogen-bond donors (Lipinski definition) is 1. The number of aryl methyl sites for hydroxylation is 1. The van der Waals surface area contributed by atoms with E-state index in [9.17, 15) is 0 Å². The summed E-state index contributed by atoms with van der Waals surface area (Å²) >= 11 is 0. The smallest absolute Gasteiger partial charge is 0.226 e. The summed E-state index contributed by atoms with van der Waals surface area (Å²) in [5.74, 6) is 1.64. The number of nitrogens with one attached hydrogen (secondary N) is 1. The van der Waals surface area contributed by atoms with Crippen molar-refractivity contribution < 1.29 is 4.52 Å². The van der Waals surface area contributed by atoms with Crippen LogP contribution in [0, 0.1) is 0 Å². The highest BCUT2D eigenvalue weighted by atomic mass is 16.5. The molecule has 2 aromatic heterocycles. The normalized spacial score (nSPS) is 19.5. The van der Waals surface area contributed by atoms with Crippen molar-refractivity contribution in [2.45, 2.75) is 32.1 Å². The van der Waals surface area contributed by atoms with Crippen LogP contribution >= 0.6 is 0 Å². The maximum Gasteiger partial charge on any atom is 0.226 e. The van der Waals surface area contributed by atoms with E-state index in [1.165, 1.54) is 6.42 Å². The summed E-state index contributed by atoms with van der Waals surface area (Å²) in [4.78, 5) is 12.9. The van der Waals surface area contributed by atoms with Gasteiger partial charge >= 0.3 is 0 Å². The van der Waals surface area contributed by atoms with E-state index in [4.69, 9.17) is 4.52 Å². The van der Waals surface area contributed by atoms with Crippen LogP contribution in [0.5, 0.6) is 0 Å². The third-order valence-electron chi connectivity index (χ3n) is 3.44. The SMILES string of the molecule is CCc1nc(-c2cncnc2[C@@H]2CCCNC2)no1. The number of nitrogens with zero attached hydrogens (tertiary/aromatic N) is 4. The molecule has 2 aromatic rings. The van der Waals surface area contributed by atoms with Gasteiger partial charge in [-0.25, -0.2) is 9.97 Å². The number of aromatic nitrogens is 4. The van der Waals surface area contributed by atoms with E-state index < -0.39 is 0 Å². The molecule has 19 heavy (non-hydrogen) atoms. The van der Waals surface area contributed by atoms with Gasteiger partial charge in [-0.05, 0) is 19.4 Å². The van der Waals surface area contributed by atoms with Crippen LogP contribution in [0.15, 0.2) is 17.0 Å². The van der Waals surface area contributed by atoms with E-state index in [0.717, 1.165) is 37.2 Å². The lowest BCUT2D eigenvalue weighted by atomic mass is 9.93. The fourth-order valence-electron chi connectivity index (χ4n) is 2.43. The minimum Gasteiger partial charge on any atom is -0.339 e. The van der Waals surface area contributed by atoms with Crippen molar-refractivity contribution in [1.29, 1.82) is 0 Å². The van der Waals surface area contributed by atoms with Gasteiger partial charge in [0.15, 0.2) is 0 Å². The fraction of sp³-hybridized carbons (Fsp3) is 0.538. The second-order valence-electron chi connectivity index (χ2n) is 4.73. The van der Waals surface area contributed by atoms with E-state index in [0.29, 0.717) is 17.6 Å². The van der Waals surface area contributed by atoms with Gasteiger partial charge in [0.05, 0.1) is 11.3 Å². The third-order valence-corrected chi connectivity index (χ3v) is 3.44. The highest BCUT2D eigenvalue weighted by Gasteiger charge is 2.22. The Morgan fingerprint density at radius 2 is 2.42 bits per heavy atom. The van der Waals surface area contributed by atoms with Gasteiger partial charge in [-0.3, -0.25) is 0 Å². The standard InChI is InChI=1S/C13H17N5O/c1-2-11-17-13(18-19-11)10-7-15-8-16-12(10)9-4-3-5-14-6-9/h7-9,14H,2-6H2,1H3/t9-/m1/s1. The molecule has 1 aliphatic heterocycles. The first-order valence-corrected chi connectivity index (χ1v) is 6.72. The summed E-state index contributed by atoms with van der Waals surface area (Å²) in [5.41, 5.74) is 1.91. The van der Waals surface area contributed by atoms with Crippen LogP contribution in [0.25, 0.3) is 11.4 Å². The zero-order valence-electron chi connectivity index (χ0n) is 11.0. The van der Waals surface area contributed by atoms with Crippen LogP contribution in [0.1, 0.15) is 37.3 Å². The molecule has 6 heteroatoms. The lowest BCUT2D eigenvalue weighted by molar-refractivity contribution is 0.382. The van der Waals surface area contributed by atoms with Crippen LogP contribution in [0.3, 0.4) is 0 Å². The Bertz CT molecular complexity index is 547. The van der Waals surface area contributed by atoms with Crippen molar-refractivity contribution in [3.63, 3.8) is 0 Å². The van der Waals surface area contributed by atoms with Crippen LogP contribution < -0.4 is 5.32 Å². The molecule has 6 nitrogen and oxygen atoms in total. The monoisotopic (exact) mass is 259 g/mol. The van der Waals surface area contributed by atoms with Gasteiger partial charge in [-0.15, -0.1) is 0 Å². The van der Waals surface area contributed by atoms with Gasteiger partial charge < -0.3 is 9.84 Å². The third kappa shape index (κ3) is 2.49. The Morgan fingerprint density at radius 1 is 1.47 bits per heavy atom. The molecule has 3 rings (SSSR count). The largest absolute Gasteiger partial charge is 0.339 e. The Morgan fingerprint density at radius 3 is 3.16 bits per heavy atom.